The van der Waals surface area contributed by atoms with E-state index >= 15 is 0 Å². The van der Waals surface area contributed by atoms with E-state index in [-0.39, 0.29) is 71.0 Å². The zero-order valence-corrected chi connectivity index (χ0v) is 21.6. The fourth-order valence-corrected chi connectivity index (χ4v) is 12.8. The standard InChI is InChI=1S/C22H32O10S2/c1-27-21(28-2)15-7-8-10-9(7)17-13-14(18(10)22(17,29-3)30-4)20(32-34(6,25)26)12(16(8)21)11(15)19(13)31-33(5,23)24/h7-20H,1-6H3. The predicted molar refractivity (Wildman–Crippen MR) is 115 cm³/mol. The van der Waals surface area contributed by atoms with Gasteiger partial charge in [0.1, 0.15) is 0 Å². The van der Waals surface area contributed by atoms with Crippen molar-refractivity contribution >= 4 is 20.2 Å². The predicted octanol–water partition coefficient (Wildman–Crippen LogP) is 0.144. The van der Waals surface area contributed by atoms with E-state index < -0.39 is 44.0 Å². The summed E-state index contributed by atoms with van der Waals surface area (Å²) in [4.78, 5) is 0. The van der Waals surface area contributed by atoms with Crippen LogP contribution >= 0.6 is 0 Å². The van der Waals surface area contributed by atoms with Gasteiger partial charge in [-0.3, -0.25) is 8.37 Å². The van der Waals surface area contributed by atoms with E-state index in [0.717, 1.165) is 12.5 Å². The van der Waals surface area contributed by atoms with Crippen molar-refractivity contribution in [3.05, 3.63) is 0 Å². The van der Waals surface area contributed by atoms with E-state index in [0.29, 0.717) is 0 Å². The van der Waals surface area contributed by atoms with Crippen LogP contribution in [0, 0.1) is 71.0 Å². The van der Waals surface area contributed by atoms with Crippen LogP contribution in [0.25, 0.3) is 0 Å². The summed E-state index contributed by atoms with van der Waals surface area (Å²) in [5.41, 5.74) is 0. The van der Waals surface area contributed by atoms with Crippen LogP contribution in [-0.4, -0.2) is 81.6 Å². The molecule has 10 nitrogen and oxygen atoms in total. The highest BCUT2D eigenvalue weighted by atomic mass is 32.2. The number of hydrogen-bond acceptors (Lipinski definition) is 10. The van der Waals surface area contributed by atoms with Crippen LogP contribution in [0.1, 0.15) is 0 Å². The van der Waals surface area contributed by atoms with E-state index in [4.69, 9.17) is 27.3 Å². The first-order valence-corrected chi connectivity index (χ1v) is 15.5. The second-order valence-corrected chi connectivity index (χ2v) is 14.7. The Labute approximate surface area is 200 Å². The number of hydrogen-bond donors (Lipinski definition) is 0. The third-order valence-corrected chi connectivity index (χ3v) is 12.4. The zero-order valence-electron chi connectivity index (χ0n) is 20.0. The van der Waals surface area contributed by atoms with Crippen LogP contribution in [0.2, 0.25) is 0 Å². The molecule has 192 valence electrons. The van der Waals surface area contributed by atoms with Gasteiger partial charge in [-0.05, 0) is 23.7 Å². The molecule has 0 amide bonds. The second-order valence-electron chi connectivity index (χ2n) is 11.5. The summed E-state index contributed by atoms with van der Waals surface area (Å²) in [5.74, 6) is -2.44. The number of rotatable bonds is 8. The molecule has 0 heterocycles. The summed E-state index contributed by atoms with van der Waals surface area (Å²) >= 11 is 0. The van der Waals surface area contributed by atoms with E-state index in [1.54, 1.807) is 28.4 Å². The van der Waals surface area contributed by atoms with Crippen molar-refractivity contribution in [1.29, 1.82) is 0 Å². The lowest BCUT2D eigenvalue weighted by Gasteiger charge is -2.54. The molecule has 0 radical (unpaired) electrons. The Morgan fingerprint density at radius 2 is 0.706 bits per heavy atom. The summed E-state index contributed by atoms with van der Waals surface area (Å²) in [7, 11) is -1.06. The molecule has 0 saturated heterocycles. The monoisotopic (exact) mass is 520 g/mol. The maximum atomic E-state index is 12.5. The summed E-state index contributed by atoms with van der Waals surface area (Å²) in [6.07, 6.45) is 0.871. The molecule has 6 fully saturated rings. The highest BCUT2D eigenvalue weighted by Crippen LogP contribution is 2.90. The molecule has 6 aliphatic rings. The van der Waals surface area contributed by atoms with Gasteiger partial charge in [-0.1, -0.05) is 0 Å². The number of methoxy groups -OCH3 is 4. The lowest BCUT2D eigenvalue weighted by molar-refractivity contribution is -0.248. The molecule has 0 spiro atoms. The lowest BCUT2D eigenvalue weighted by Crippen LogP contribution is -2.56. The smallest absolute Gasteiger partial charge is 0.264 e. The summed E-state index contributed by atoms with van der Waals surface area (Å²) in [6.45, 7) is 0. The Balaban J connectivity index is 1.52. The largest absolute Gasteiger partial charge is 0.353 e. The van der Waals surface area contributed by atoms with Crippen LogP contribution < -0.4 is 0 Å². The molecule has 6 saturated carbocycles. The average Bonchev–Trinajstić information content (AvgIpc) is 3.36. The molecular formula is C22H32O10S2. The molecule has 12 heteroatoms. The second kappa shape index (κ2) is 6.38. The molecule has 0 N–H and O–H groups in total. The first-order chi connectivity index (χ1) is 15.9. The lowest BCUT2D eigenvalue weighted by atomic mass is 9.48. The average molecular weight is 521 g/mol. The molecule has 34 heavy (non-hydrogen) atoms. The van der Waals surface area contributed by atoms with Crippen molar-refractivity contribution in [2.45, 2.75) is 23.8 Å². The minimum absolute atomic E-state index is 0.127. The molecule has 0 aromatic carbocycles. The SMILES string of the molecule is COC1(OC)C2C3C(OS(C)(=O)=O)C4C5C(OS(C)(=O)=O)C3C1C1C2C2C1C5C(OC)(OC)C42. The molecule has 4 bridgehead atoms. The van der Waals surface area contributed by atoms with E-state index in [1.165, 1.54) is 0 Å². The van der Waals surface area contributed by atoms with Gasteiger partial charge in [0.15, 0.2) is 11.6 Å². The van der Waals surface area contributed by atoms with Crippen molar-refractivity contribution in [3.8, 4) is 0 Å². The van der Waals surface area contributed by atoms with Gasteiger partial charge in [0, 0.05) is 75.8 Å². The molecule has 6 rings (SSSR count). The fourth-order valence-electron chi connectivity index (χ4n) is 11.5. The summed E-state index contributed by atoms with van der Waals surface area (Å²) in [5, 5.41) is 0. The molecular weight excluding hydrogens is 488 g/mol. The van der Waals surface area contributed by atoms with Gasteiger partial charge in [0.05, 0.1) is 24.7 Å². The Bertz CT molecular complexity index is 998. The van der Waals surface area contributed by atoms with Crippen molar-refractivity contribution in [2.24, 2.45) is 71.0 Å². The van der Waals surface area contributed by atoms with E-state index in [2.05, 4.69) is 0 Å². The molecule has 8 unspecified atom stereocenters. The Morgan fingerprint density at radius 3 is 0.882 bits per heavy atom. The van der Waals surface area contributed by atoms with Crippen LogP contribution in [0.15, 0.2) is 0 Å². The maximum absolute atomic E-state index is 12.5. The third kappa shape index (κ3) is 2.15. The minimum atomic E-state index is -3.80. The molecule has 6 aliphatic carbocycles. The van der Waals surface area contributed by atoms with Gasteiger partial charge in [0.2, 0.25) is 0 Å². The first-order valence-electron chi connectivity index (χ1n) is 11.9. The van der Waals surface area contributed by atoms with E-state index in [1.807, 2.05) is 0 Å². The zero-order chi connectivity index (χ0) is 24.3. The first kappa shape index (κ1) is 22.8. The number of fused-ring (bicyclic) bond motifs is 18. The topological polar surface area (TPSA) is 124 Å². The van der Waals surface area contributed by atoms with Crippen LogP contribution in [0.3, 0.4) is 0 Å². The van der Waals surface area contributed by atoms with Gasteiger partial charge < -0.3 is 18.9 Å². The molecule has 0 aliphatic heterocycles. The highest BCUT2D eigenvalue weighted by Gasteiger charge is 2.95. The fraction of sp³-hybridized carbons (Fsp3) is 1.00. The Hall–Kier alpha value is -0.340. The van der Waals surface area contributed by atoms with Crippen molar-refractivity contribution in [3.63, 3.8) is 0 Å². The Morgan fingerprint density at radius 1 is 0.471 bits per heavy atom. The van der Waals surface area contributed by atoms with Gasteiger partial charge in [-0.15, -0.1) is 0 Å². The maximum Gasteiger partial charge on any atom is 0.264 e. The quantitative estimate of drug-likeness (QED) is 0.248. The molecule has 8 atom stereocenters. The summed E-state index contributed by atoms with van der Waals surface area (Å²) in [6, 6.07) is 0. The Kier molecular flexibility index (Phi) is 4.28. The van der Waals surface area contributed by atoms with Crippen LogP contribution in [0.4, 0.5) is 0 Å². The van der Waals surface area contributed by atoms with Gasteiger partial charge >= 0.3 is 0 Å². The summed E-state index contributed by atoms with van der Waals surface area (Å²) < 4.78 is 86.6. The van der Waals surface area contributed by atoms with Crippen molar-refractivity contribution in [2.75, 3.05) is 41.0 Å². The molecule has 0 aromatic heterocycles. The molecule has 0 aromatic rings. The van der Waals surface area contributed by atoms with Gasteiger partial charge in [-0.2, -0.15) is 16.8 Å². The van der Waals surface area contributed by atoms with Gasteiger partial charge in [0.25, 0.3) is 20.2 Å². The minimum Gasteiger partial charge on any atom is -0.353 e. The van der Waals surface area contributed by atoms with Crippen molar-refractivity contribution < 1.29 is 44.1 Å². The van der Waals surface area contributed by atoms with E-state index in [9.17, 15) is 16.8 Å². The van der Waals surface area contributed by atoms with Gasteiger partial charge in [-0.25, -0.2) is 0 Å². The normalized spacial score (nSPS) is 55.8. The third-order valence-electron chi connectivity index (χ3n) is 11.2. The highest BCUT2D eigenvalue weighted by molar-refractivity contribution is 7.86. The van der Waals surface area contributed by atoms with Crippen LogP contribution in [0.5, 0.6) is 0 Å². The van der Waals surface area contributed by atoms with Crippen molar-refractivity contribution in [1.82, 2.24) is 0 Å². The van der Waals surface area contributed by atoms with Crippen LogP contribution in [-0.2, 0) is 47.5 Å². The number of ether oxygens (including phenoxy) is 4.